The van der Waals surface area contributed by atoms with Crippen molar-refractivity contribution in [2.75, 3.05) is 19.6 Å². The topological polar surface area (TPSA) is 130 Å². The van der Waals surface area contributed by atoms with Crippen molar-refractivity contribution in [3.63, 3.8) is 0 Å². The third kappa shape index (κ3) is 3.73. The van der Waals surface area contributed by atoms with Gasteiger partial charge in [0, 0.05) is 25.6 Å². The second-order valence-corrected chi connectivity index (χ2v) is 10.3. The maximum Gasteiger partial charge on any atom is 0.284 e. The van der Waals surface area contributed by atoms with E-state index in [1.54, 1.807) is 31.3 Å². The molecule has 0 radical (unpaired) electrons. The molecule has 0 aliphatic carbocycles. The molecule has 176 valence electrons. The van der Waals surface area contributed by atoms with Crippen molar-refractivity contribution in [3.8, 4) is 6.07 Å². The van der Waals surface area contributed by atoms with Crippen molar-refractivity contribution in [1.29, 1.82) is 5.26 Å². The number of imidazole rings is 1. The number of benzene rings is 1. The monoisotopic (exact) mass is 479 g/mol. The van der Waals surface area contributed by atoms with Crippen LogP contribution in [-0.2, 0) is 10.0 Å². The first kappa shape index (κ1) is 22.5. The Morgan fingerprint density at radius 1 is 1.26 bits per heavy atom. The number of aliphatic hydroxyl groups is 1. The van der Waals surface area contributed by atoms with Crippen LogP contribution in [0.15, 0.2) is 47.6 Å². The Hall–Kier alpha value is -3.33. The Bertz CT molecular complexity index is 1490. The summed E-state index contributed by atoms with van der Waals surface area (Å²) in [5, 5.41) is 24.1. The number of nitrogens with zero attached hydrogens (tertiary/aromatic N) is 7. The van der Waals surface area contributed by atoms with Crippen LogP contribution in [0, 0.1) is 11.3 Å². The minimum Gasteiger partial charge on any atom is -0.385 e. The first-order chi connectivity index (χ1) is 16.4. The van der Waals surface area contributed by atoms with Crippen LogP contribution in [0.1, 0.15) is 44.2 Å². The van der Waals surface area contributed by atoms with Crippen molar-refractivity contribution in [2.45, 2.75) is 43.2 Å². The van der Waals surface area contributed by atoms with Gasteiger partial charge in [0.25, 0.3) is 10.0 Å². The van der Waals surface area contributed by atoms with Gasteiger partial charge in [-0.05, 0) is 38.4 Å². The summed E-state index contributed by atoms with van der Waals surface area (Å²) >= 11 is 0. The molecular weight excluding hydrogens is 454 g/mol. The van der Waals surface area contributed by atoms with E-state index in [9.17, 15) is 13.5 Å². The van der Waals surface area contributed by atoms with Gasteiger partial charge in [-0.2, -0.15) is 18.8 Å². The van der Waals surface area contributed by atoms with Crippen LogP contribution in [0.5, 0.6) is 0 Å². The number of hydrogen-bond donors (Lipinski definition) is 1. The second kappa shape index (κ2) is 8.79. The number of rotatable bonds is 7. The third-order valence-corrected chi connectivity index (χ3v) is 7.85. The average Bonchev–Trinajstić information content (AvgIpc) is 3.55. The van der Waals surface area contributed by atoms with Gasteiger partial charge in [-0.15, -0.1) is 4.09 Å². The molecule has 4 heterocycles. The summed E-state index contributed by atoms with van der Waals surface area (Å²) < 4.78 is 29.5. The van der Waals surface area contributed by atoms with Gasteiger partial charge in [0.05, 0.1) is 34.3 Å². The molecule has 3 aromatic heterocycles. The molecule has 0 bridgehead atoms. The van der Waals surface area contributed by atoms with Crippen LogP contribution in [0.2, 0.25) is 0 Å². The predicted molar refractivity (Wildman–Crippen MR) is 125 cm³/mol. The number of hydrogen-bond acceptors (Lipinski definition) is 8. The summed E-state index contributed by atoms with van der Waals surface area (Å²) in [6.45, 7) is 4.15. The van der Waals surface area contributed by atoms with Crippen LogP contribution in [-0.4, -0.2) is 61.8 Å². The van der Waals surface area contributed by atoms with E-state index in [0.29, 0.717) is 23.1 Å². The number of pyridine rings is 1. The van der Waals surface area contributed by atoms with E-state index in [4.69, 9.17) is 5.26 Å². The molecule has 5 rings (SSSR count). The molecule has 10 nitrogen and oxygen atoms in total. The normalized spacial score (nSPS) is 18.0. The van der Waals surface area contributed by atoms with Gasteiger partial charge in [-0.25, -0.2) is 9.97 Å². The maximum absolute atomic E-state index is 13.2. The van der Waals surface area contributed by atoms with Gasteiger partial charge < -0.3 is 14.6 Å². The molecule has 4 aromatic rings. The average molecular weight is 480 g/mol. The smallest absolute Gasteiger partial charge is 0.284 e. The largest absolute Gasteiger partial charge is 0.385 e. The number of fused-ring (bicyclic) bond motifs is 3. The number of nitriles is 1. The highest BCUT2D eigenvalue weighted by atomic mass is 32.2. The lowest BCUT2D eigenvalue weighted by Gasteiger charge is -2.19. The minimum atomic E-state index is -3.92. The molecule has 1 N–H and O–H groups in total. The molecule has 1 unspecified atom stereocenters. The molecule has 1 aromatic carbocycles. The van der Waals surface area contributed by atoms with Crippen LogP contribution < -0.4 is 0 Å². The van der Waals surface area contributed by atoms with E-state index in [1.165, 1.54) is 18.3 Å². The molecule has 0 spiro atoms. The Labute approximate surface area is 197 Å². The number of aliphatic hydroxyl groups excluding tert-OH is 1. The van der Waals surface area contributed by atoms with Gasteiger partial charge in [-0.1, -0.05) is 18.2 Å². The zero-order valence-electron chi connectivity index (χ0n) is 18.7. The Morgan fingerprint density at radius 3 is 2.79 bits per heavy atom. The second-order valence-electron chi connectivity index (χ2n) is 8.56. The summed E-state index contributed by atoms with van der Waals surface area (Å²) in [5.41, 5.74) is 1.53. The Balaban J connectivity index is 1.62. The van der Waals surface area contributed by atoms with Crippen molar-refractivity contribution >= 4 is 32.1 Å². The molecule has 34 heavy (non-hydrogen) atoms. The number of likely N-dealkylation sites (tertiary alicyclic amines) is 1. The van der Waals surface area contributed by atoms with Crippen molar-refractivity contribution in [2.24, 2.45) is 0 Å². The fourth-order valence-electron chi connectivity index (χ4n) is 4.70. The fourth-order valence-corrected chi connectivity index (χ4v) is 5.95. The van der Waals surface area contributed by atoms with Crippen LogP contribution >= 0.6 is 0 Å². The summed E-state index contributed by atoms with van der Waals surface area (Å²) in [7, 11) is -3.92. The van der Waals surface area contributed by atoms with Gasteiger partial charge in [0.1, 0.15) is 17.4 Å². The van der Waals surface area contributed by atoms with Gasteiger partial charge in [0.15, 0.2) is 5.65 Å². The molecule has 11 heteroatoms. The molecule has 0 saturated carbocycles. The van der Waals surface area contributed by atoms with E-state index in [-0.39, 0.29) is 16.6 Å². The highest BCUT2D eigenvalue weighted by Crippen LogP contribution is 2.34. The first-order valence-corrected chi connectivity index (χ1v) is 12.7. The lowest BCUT2D eigenvalue weighted by atomic mass is 10.2. The lowest BCUT2D eigenvalue weighted by molar-refractivity contribution is 0.181. The first-order valence-electron chi connectivity index (χ1n) is 11.2. The van der Waals surface area contributed by atoms with Crippen molar-refractivity contribution in [1.82, 2.24) is 28.6 Å². The molecule has 2 atom stereocenters. The lowest BCUT2D eigenvalue weighted by Crippen LogP contribution is -2.23. The van der Waals surface area contributed by atoms with E-state index in [0.717, 1.165) is 42.1 Å². The highest BCUT2D eigenvalue weighted by molar-refractivity contribution is 7.90. The fraction of sp³-hybridized carbons (Fsp3) is 0.391. The summed E-state index contributed by atoms with van der Waals surface area (Å²) in [5.74, 6) is 0.520. The Kier molecular flexibility index (Phi) is 5.81. The van der Waals surface area contributed by atoms with E-state index in [2.05, 4.69) is 26.0 Å². The summed E-state index contributed by atoms with van der Waals surface area (Å²) in [6.07, 6.45) is 4.44. The van der Waals surface area contributed by atoms with E-state index in [1.807, 2.05) is 4.57 Å². The molecule has 1 fully saturated rings. The minimum absolute atomic E-state index is 0.0522. The van der Waals surface area contributed by atoms with Gasteiger partial charge in [0.2, 0.25) is 0 Å². The van der Waals surface area contributed by atoms with E-state index >= 15 is 0 Å². The Morgan fingerprint density at radius 2 is 2.06 bits per heavy atom. The molecule has 1 aliphatic heterocycles. The quantitative estimate of drug-likeness (QED) is 0.400. The predicted octanol–water partition coefficient (Wildman–Crippen LogP) is 2.62. The van der Waals surface area contributed by atoms with Crippen LogP contribution in [0.4, 0.5) is 0 Å². The van der Waals surface area contributed by atoms with Gasteiger partial charge >= 0.3 is 0 Å². The summed E-state index contributed by atoms with van der Waals surface area (Å²) in [4.78, 5) is 11.5. The zero-order valence-corrected chi connectivity index (χ0v) is 19.6. The number of unbranched alkanes of at least 4 members (excludes halogenated alkanes) is 1. The molecular formula is C23H25N7O3S. The molecule has 0 amide bonds. The van der Waals surface area contributed by atoms with Crippen LogP contribution in [0.25, 0.3) is 22.1 Å². The molecule has 1 aliphatic rings. The van der Waals surface area contributed by atoms with Crippen molar-refractivity contribution < 1.29 is 13.5 Å². The number of aromatic nitrogens is 5. The zero-order chi connectivity index (χ0) is 23.9. The standard InChI is InChI=1S/C23H25N7O3S/c1-16(31)22-27-20-14-25-23-19(13-26-30(23)34(32,33)18-7-3-2-4-8-18)21(20)29(22)17-9-12-28(15-17)11-6-5-10-24/h2-4,7-8,13-14,16-17,31H,5-6,9,11-12,15H2,1H3/t16?,17-/m0/s1. The van der Waals surface area contributed by atoms with Crippen molar-refractivity contribution in [3.05, 3.63) is 48.5 Å². The van der Waals surface area contributed by atoms with Crippen LogP contribution in [0.3, 0.4) is 0 Å². The SMILES string of the molecule is CC(O)c1nc2cnc3c(cnn3S(=O)(=O)c3ccccc3)c2n1[C@H]1CCN(CCCC#N)C1. The maximum atomic E-state index is 13.2. The summed E-state index contributed by atoms with van der Waals surface area (Å²) in [6, 6.07) is 10.4. The van der Waals surface area contributed by atoms with E-state index < -0.39 is 16.1 Å². The molecule has 1 saturated heterocycles. The highest BCUT2D eigenvalue weighted by Gasteiger charge is 2.30. The van der Waals surface area contributed by atoms with Gasteiger partial charge in [-0.3, -0.25) is 0 Å². The third-order valence-electron chi connectivity index (χ3n) is 6.26.